The van der Waals surface area contributed by atoms with Gasteiger partial charge in [0, 0.05) is 57.1 Å². The zero-order valence-corrected chi connectivity index (χ0v) is 18.5. The van der Waals surface area contributed by atoms with Gasteiger partial charge in [0.25, 0.3) is 0 Å². The summed E-state index contributed by atoms with van der Waals surface area (Å²) in [6.07, 6.45) is 1.92. The smallest absolute Gasteiger partial charge is 0.313 e. The Bertz CT molecular complexity index is 993. The highest BCUT2D eigenvalue weighted by molar-refractivity contribution is 6.30. The van der Waals surface area contributed by atoms with Crippen LogP contribution < -0.4 is 14.5 Å². The number of anilines is 2. The van der Waals surface area contributed by atoms with Crippen molar-refractivity contribution in [2.45, 2.75) is 18.9 Å². The zero-order chi connectivity index (χ0) is 22.8. The molecule has 4 rings (SSSR count). The number of hydrogen-bond donors (Lipinski definition) is 0. The maximum Gasteiger partial charge on any atom is 0.313 e. The Labute approximate surface area is 190 Å². The molecule has 0 unspecified atom stereocenters. The van der Waals surface area contributed by atoms with Crippen molar-refractivity contribution in [3.63, 3.8) is 0 Å². The van der Waals surface area contributed by atoms with E-state index in [4.69, 9.17) is 16.3 Å². The Morgan fingerprint density at radius 1 is 1.00 bits per heavy atom. The van der Waals surface area contributed by atoms with E-state index in [9.17, 15) is 18.9 Å². The van der Waals surface area contributed by atoms with Crippen molar-refractivity contribution >= 4 is 28.7 Å². The standard InChI is InChI=1S/C22H25ClF2N4O3/c1-32-22-14-20(19(25)13-21(22)29(30)31)28-10-8-27(9-11-28)15-4-6-26(7-5-15)16-2-3-17(23)18(24)12-16/h2-3,12-15H,4-11H2,1H3. The molecule has 0 aliphatic carbocycles. The quantitative estimate of drug-likeness (QED) is 0.483. The molecule has 2 aromatic rings. The molecule has 0 bridgehead atoms. The zero-order valence-electron chi connectivity index (χ0n) is 17.8. The Morgan fingerprint density at radius 3 is 2.28 bits per heavy atom. The monoisotopic (exact) mass is 466 g/mol. The lowest BCUT2D eigenvalue weighted by Crippen LogP contribution is -2.53. The first-order valence-corrected chi connectivity index (χ1v) is 11.0. The minimum Gasteiger partial charge on any atom is -0.490 e. The lowest BCUT2D eigenvalue weighted by molar-refractivity contribution is -0.385. The summed E-state index contributed by atoms with van der Waals surface area (Å²) in [5.41, 5.74) is 0.796. The molecule has 32 heavy (non-hydrogen) atoms. The highest BCUT2D eigenvalue weighted by Gasteiger charge is 2.29. The van der Waals surface area contributed by atoms with Gasteiger partial charge in [-0.2, -0.15) is 0 Å². The van der Waals surface area contributed by atoms with Crippen molar-refractivity contribution in [2.75, 3.05) is 56.2 Å². The first-order chi connectivity index (χ1) is 15.4. The largest absolute Gasteiger partial charge is 0.490 e. The van der Waals surface area contributed by atoms with Gasteiger partial charge in [0.2, 0.25) is 0 Å². The number of hydrogen-bond acceptors (Lipinski definition) is 6. The van der Waals surface area contributed by atoms with E-state index in [1.54, 1.807) is 6.07 Å². The number of benzene rings is 2. The molecule has 7 nitrogen and oxygen atoms in total. The number of nitrogens with zero attached hydrogens (tertiary/aromatic N) is 4. The summed E-state index contributed by atoms with van der Waals surface area (Å²) in [4.78, 5) is 16.9. The lowest BCUT2D eigenvalue weighted by atomic mass is 10.0. The van der Waals surface area contributed by atoms with E-state index in [0.717, 1.165) is 50.8 Å². The summed E-state index contributed by atoms with van der Waals surface area (Å²) in [6, 6.07) is 7.67. The van der Waals surface area contributed by atoms with Gasteiger partial charge in [-0.1, -0.05) is 11.6 Å². The summed E-state index contributed by atoms with van der Waals surface area (Å²) >= 11 is 5.78. The lowest BCUT2D eigenvalue weighted by Gasteiger charge is -2.43. The van der Waals surface area contributed by atoms with Gasteiger partial charge in [-0.05, 0) is 31.0 Å². The van der Waals surface area contributed by atoms with E-state index in [1.165, 1.54) is 19.2 Å². The topological polar surface area (TPSA) is 62.1 Å². The Hall–Kier alpha value is -2.65. The van der Waals surface area contributed by atoms with Gasteiger partial charge in [0.15, 0.2) is 11.6 Å². The highest BCUT2D eigenvalue weighted by atomic mass is 35.5. The number of rotatable bonds is 5. The second kappa shape index (κ2) is 9.46. The van der Waals surface area contributed by atoms with Gasteiger partial charge in [0.05, 0.1) is 28.8 Å². The van der Waals surface area contributed by atoms with Gasteiger partial charge in [-0.15, -0.1) is 0 Å². The summed E-state index contributed by atoms with van der Waals surface area (Å²) < 4.78 is 33.4. The average molecular weight is 467 g/mol. The molecule has 2 aliphatic heterocycles. The molecule has 2 saturated heterocycles. The number of piperidine rings is 1. The first kappa shape index (κ1) is 22.5. The Morgan fingerprint density at radius 2 is 1.69 bits per heavy atom. The fraction of sp³-hybridized carbons (Fsp3) is 0.455. The SMILES string of the molecule is COc1cc(N2CCN(C3CCN(c4ccc(Cl)c(F)c4)CC3)CC2)c(F)cc1[N+](=O)[O-]. The molecule has 2 aliphatic rings. The summed E-state index contributed by atoms with van der Waals surface area (Å²) in [7, 11) is 1.34. The van der Waals surface area contributed by atoms with Crippen LogP contribution in [-0.2, 0) is 0 Å². The van der Waals surface area contributed by atoms with Crippen LogP contribution in [0.1, 0.15) is 12.8 Å². The van der Waals surface area contributed by atoms with Crippen molar-refractivity contribution in [2.24, 2.45) is 0 Å². The molecule has 0 atom stereocenters. The van der Waals surface area contributed by atoms with E-state index in [0.29, 0.717) is 24.8 Å². The first-order valence-electron chi connectivity index (χ1n) is 10.6. The number of halogens is 3. The van der Waals surface area contributed by atoms with E-state index >= 15 is 0 Å². The molecule has 0 amide bonds. The van der Waals surface area contributed by atoms with E-state index in [-0.39, 0.29) is 16.5 Å². The fourth-order valence-electron chi connectivity index (χ4n) is 4.58. The van der Waals surface area contributed by atoms with Crippen molar-refractivity contribution in [3.05, 3.63) is 57.1 Å². The predicted molar refractivity (Wildman–Crippen MR) is 120 cm³/mol. The van der Waals surface area contributed by atoms with Crippen LogP contribution in [-0.4, -0.2) is 62.2 Å². The normalized spacial score (nSPS) is 18.1. The van der Waals surface area contributed by atoms with Crippen LogP contribution in [0.25, 0.3) is 0 Å². The Balaban J connectivity index is 1.35. The maximum atomic E-state index is 14.6. The fourth-order valence-corrected chi connectivity index (χ4v) is 4.70. The van der Waals surface area contributed by atoms with Crippen molar-refractivity contribution in [1.82, 2.24) is 4.90 Å². The van der Waals surface area contributed by atoms with Crippen LogP contribution in [0, 0.1) is 21.7 Å². The van der Waals surface area contributed by atoms with Crippen molar-refractivity contribution in [3.8, 4) is 5.75 Å². The third-order valence-corrected chi connectivity index (χ3v) is 6.66. The van der Waals surface area contributed by atoms with Gasteiger partial charge < -0.3 is 14.5 Å². The Kier molecular flexibility index (Phi) is 6.66. The molecular formula is C22H25ClF2N4O3. The van der Waals surface area contributed by atoms with Gasteiger partial charge >= 0.3 is 5.69 Å². The number of nitro benzene ring substituents is 1. The number of piperazine rings is 1. The van der Waals surface area contributed by atoms with Crippen LogP contribution in [0.4, 0.5) is 25.8 Å². The second-order valence-corrected chi connectivity index (χ2v) is 8.48. The van der Waals surface area contributed by atoms with Crippen LogP contribution in [0.15, 0.2) is 30.3 Å². The third kappa shape index (κ3) is 4.59. The number of ether oxygens (including phenoxy) is 1. The second-order valence-electron chi connectivity index (χ2n) is 8.07. The predicted octanol–water partition coefficient (Wildman–Crippen LogP) is 4.33. The molecule has 0 saturated carbocycles. The van der Waals surface area contributed by atoms with Gasteiger partial charge in [0.1, 0.15) is 5.82 Å². The average Bonchev–Trinajstić information content (AvgIpc) is 2.81. The molecule has 2 aromatic carbocycles. The van der Waals surface area contributed by atoms with Crippen molar-refractivity contribution in [1.29, 1.82) is 0 Å². The molecule has 0 N–H and O–H groups in total. The molecule has 0 aromatic heterocycles. The third-order valence-electron chi connectivity index (χ3n) is 6.35. The van der Waals surface area contributed by atoms with E-state index in [2.05, 4.69) is 9.80 Å². The molecule has 10 heteroatoms. The minimum atomic E-state index is -0.644. The highest BCUT2D eigenvalue weighted by Crippen LogP contribution is 2.35. The van der Waals surface area contributed by atoms with Crippen LogP contribution in [0.3, 0.4) is 0 Å². The van der Waals surface area contributed by atoms with Crippen LogP contribution in [0.2, 0.25) is 5.02 Å². The van der Waals surface area contributed by atoms with E-state index < -0.39 is 16.6 Å². The molecular weight excluding hydrogens is 442 g/mol. The molecule has 2 fully saturated rings. The molecule has 172 valence electrons. The van der Waals surface area contributed by atoms with E-state index in [1.807, 2.05) is 11.0 Å². The molecule has 0 spiro atoms. The van der Waals surface area contributed by atoms with Crippen LogP contribution >= 0.6 is 11.6 Å². The molecule has 0 radical (unpaired) electrons. The van der Waals surface area contributed by atoms with Gasteiger partial charge in [-0.25, -0.2) is 8.78 Å². The molecule has 2 heterocycles. The summed E-state index contributed by atoms with van der Waals surface area (Å²) in [5.74, 6) is -0.966. The maximum absolute atomic E-state index is 14.6. The number of nitro groups is 1. The van der Waals surface area contributed by atoms with Crippen LogP contribution in [0.5, 0.6) is 5.75 Å². The number of methoxy groups -OCH3 is 1. The summed E-state index contributed by atoms with van der Waals surface area (Å²) in [5, 5.41) is 11.2. The summed E-state index contributed by atoms with van der Waals surface area (Å²) in [6.45, 7) is 4.47. The minimum absolute atomic E-state index is 0.0554. The van der Waals surface area contributed by atoms with Crippen molar-refractivity contribution < 1.29 is 18.4 Å². The van der Waals surface area contributed by atoms with Gasteiger partial charge in [-0.3, -0.25) is 15.0 Å².